The number of benzene rings is 3. The summed E-state index contributed by atoms with van der Waals surface area (Å²) in [4.78, 5) is 12.1. The summed E-state index contributed by atoms with van der Waals surface area (Å²) in [6.07, 6.45) is 0. The molecule has 0 atom stereocenters. The minimum Gasteiger partial charge on any atom is -0.321 e. The lowest BCUT2D eigenvalue weighted by Gasteiger charge is -2.09. The Morgan fingerprint density at radius 1 is 0.905 bits per heavy atom. The summed E-state index contributed by atoms with van der Waals surface area (Å²) in [5, 5.41) is 4.42. The molecule has 2 nitrogen and oxygen atoms in total. The number of amides is 1. The van der Waals surface area contributed by atoms with Gasteiger partial charge in [0.15, 0.2) is 0 Å². The molecule has 0 aliphatic heterocycles. The molecule has 0 heterocycles. The maximum absolute atomic E-state index is 13.6. The van der Waals surface area contributed by atoms with Crippen molar-refractivity contribution in [3.05, 3.63) is 77.9 Å². The summed E-state index contributed by atoms with van der Waals surface area (Å²) in [6.45, 7) is 0. The van der Waals surface area contributed by atoms with E-state index in [0.717, 1.165) is 29.0 Å². The van der Waals surface area contributed by atoms with Crippen LogP contribution in [0.4, 0.5) is 14.5 Å². The minimum absolute atomic E-state index is 0.317. The number of nitrogens with one attached hydrogen (secondary N) is 1. The molecule has 0 saturated heterocycles. The second kappa shape index (κ2) is 5.32. The van der Waals surface area contributed by atoms with Gasteiger partial charge in [-0.2, -0.15) is 0 Å². The number of hydrogen-bond donors (Lipinski definition) is 1. The second-order valence-corrected chi connectivity index (χ2v) is 4.61. The first kappa shape index (κ1) is 13.2. The lowest BCUT2D eigenvalue weighted by atomic mass is 10.1. The Bertz CT molecular complexity index is 825. The Morgan fingerprint density at radius 2 is 1.67 bits per heavy atom. The van der Waals surface area contributed by atoms with Crippen LogP contribution >= 0.6 is 0 Å². The molecule has 4 heteroatoms. The molecule has 0 aliphatic carbocycles. The van der Waals surface area contributed by atoms with Crippen LogP contribution in [0.3, 0.4) is 0 Å². The van der Waals surface area contributed by atoms with Crippen LogP contribution < -0.4 is 5.32 Å². The first-order valence-corrected chi connectivity index (χ1v) is 6.39. The number of carbonyl (C=O) groups is 1. The fraction of sp³-hybridized carbons (Fsp3) is 0. The van der Waals surface area contributed by atoms with E-state index in [-0.39, 0.29) is 5.56 Å². The Balaban J connectivity index is 1.99. The molecule has 1 N–H and O–H groups in total. The monoisotopic (exact) mass is 283 g/mol. The van der Waals surface area contributed by atoms with Gasteiger partial charge in [0.25, 0.3) is 5.91 Å². The second-order valence-electron chi connectivity index (χ2n) is 4.61. The van der Waals surface area contributed by atoms with E-state index in [1.54, 1.807) is 12.1 Å². The molecular weight excluding hydrogens is 272 g/mol. The van der Waals surface area contributed by atoms with E-state index < -0.39 is 17.5 Å². The summed E-state index contributed by atoms with van der Waals surface area (Å²) in [7, 11) is 0. The third-order valence-electron chi connectivity index (χ3n) is 3.21. The Labute approximate surface area is 120 Å². The molecule has 104 valence electrons. The summed E-state index contributed by atoms with van der Waals surface area (Å²) in [5.41, 5.74) is 0.240. The van der Waals surface area contributed by atoms with Crippen LogP contribution in [-0.4, -0.2) is 5.91 Å². The molecule has 3 rings (SSSR count). The van der Waals surface area contributed by atoms with Gasteiger partial charge < -0.3 is 5.32 Å². The molecule has 3 aromatic carbocycles. The zero-order chi connectivity index (χ0) is 14.8. The molecular formula is C17H11F2NO. The molecule has 0 spiro atoms. The largest absolute Gasteiger partial charge is 0.321 e. The van der Waals surface area contributed by atoms with E-state index in [4.69, 9.17) is 0 Å². The van der Waals surface area contributed by atoms with E-state index in [9.17, 15) is 13.6 Å². The predicted octanol–water partition coefficient (Wildman–Crippen LogP) is 4.37. The maximum atomic E-state index is 13.6. The van der Waals surface area contributed by atoms with E-state index >= 15 is 0 Å². The Kier molecular flexibility index (Phi) is 3.36. The normalized spacial score (nSPS) is 10.6. The third-order valence-corrected chi connectivity index (χ3v) is 3.21. The number of hydrogen-bond acceptors (Lipinski definition) is 1. The first-order chi connectivity index (χ1) is 10.1. The van der Waals surface area contributed by atoms with Crippen molar-refractivity contribution >= 4 is 22.4 Å². The highest BCUT2D eigenvalue weighted by Crippen LogP contribution is 2.23. The van der Waals surface area contributed by atoms with Gasteiger partial charge >= 0.3 is 0 Å². The average Bonchev–Trinajstić information content (AvgIpc) is 2.50. The van der Waals surface area contributed by atoms with Crippen molar-refractivity contribution in [1.29, 1.82) is 0 Å². The van der Waals surface area contributed by atoms with Gasteiger partial charge in [0.05, 0.1) is 5.56 Å². The van der Waals surface area contributed by atoms with Crippen molar-refractivity contribution in [2.24, 2.45) is 0 Å². The highest BCUT2D eigenvalue weighted by molar-refractivity contribution is 6.09. The maximum Gasteiger partial charge on any atom is 0.258 e. The highest BCUT2D eigenvalue weighted by atomic mass is 19.1. The van der Waals surface area contributed by atoms with Gasteiger partial charge in [0.2, 0.25) is 0 Å². The van der Waals surface area contributed by atoms with E-state index in [1.807, 2.05) is 30.3 Å². The van der Waals surface area contributed by atoms with Gasteiger partial charge in [-0.15, -0.1) is 0 Å². The van der Waals surface area contributed by atoms with Crippen molar-refractivity contribution < 1.29 is 13.6 Å². The van der Waals surface area contributed by atoms with Crippen molar-refractivity contribution in [1.82, 2.24) is 0 Å². The predicted molar refractivity (Wildman–Crippen MR) is 78.3 cm³/mol. The van der Waals surface area contributed by atoms with Crippen LogP contribution in [0.5, 0.6) is 0 Å². The molecule has 0 aliphatic rings. The van der Waals surface area contributed by atoms with Crippen LogP contribution in [0.1, 0.15) is 10.4 Å². The number of anilines is 1. The van der Waals surface area contributed by atoms with Crippen LogP contribution in [0, 0.1) is 11.6 Å². The smallest absolute Gasteiger partial charge is 0.258 e. The lowest BCUT2D eigenvalue weighted by molar-refractivity contribution is 0.102. The molecule has 0 aromatic heterocycles. The van der Waals surface area contributed by atoms with Gasteiger partial charge in [-0.05, 0) is 29.7 Å². The standard InChI is InChI=1S/C17H11F2NO/c18-12-8-9-15(19)14(10-12)17(21)20-16-7-3-5-11-4-1-2-6-13(11)16/h1-10H,(H,20,21). The molecule has 1 amide bonds. The molecule has 0 unspecified atom stereocenters. The summed E-state index contributed by atoms with van der Waals surface area (Å²) in [6, 6.07) is 15.7. The number of fused-ring (bicyclic) bond motifs is 1. The minimum atomic E-state index is -0.755. The fourth-order valence-electron chi connectivity index (χ4n) is 2.20. The quantitative estimate of drug-likeness (QED) is 0.743. The molecule has 3 aromatic rings. The Hall–Kier alpha value is -2.75. The van der Waals surface area contributed by atoms with Crippen LogP contribution in [0.15, 0.2) is 60.7 Å². The van der Waals surface area contributed by atoms with Crippen LogP contribution in [0.2, 0.25) is 0 Å². The molecule has 0 fully saturated rings. The topological polar surface area (TPSA) is 29.1 Å². The van der Waals surface area contributed by atoms with Gasteiger partial charge in [0, 0.05) is 11.1 Å². The van der Waals surface area contributed by atoms with Gasteiger partial charge in [-0.25, -0.2) is 8.78 Å². The summed E-state index contributed by atoms with van der Waals surface area (Å²) in [5.74, 6) is -2.09. The zero-order valence-corrected chi connectivity index (χ0v) is 10.9. The SMILES string of the molecule is O=C(Nc1cccc2ccccc12)c1cc(F)ccc1F. The Morgan fingerprint density at radius 3 is 2.52 bits per heavy atom. The van der Waals surface area contributed by atoms with Crippen molar-refractivity contribution in [3.8, 4) is 0 Å². The molecule has 0 saturated carbocycles. The summed E-state index contributed by atoms with van der Waals surface area (Å²) >= 11 is 0. The van der Waals surface area contributed by atoms with Crippen molar-refractivity contribution in [2.45, 2.75) is 0 Å². The molecule has 21 heavy (non-hydrogen) atoms. The van der Waals surface area contributed by atoms with E-state index in [1.165, 1.54) is 0 Å². The van der Waals surface area contributed by atoms with Gasteiger partial charge in [-0.3, -0.25) is 4.79 Å². The number of halogens is 2. The first-order valence-electron chi connectivity index (χ1n) is 6.39. The zero-order valence-electron chi connectivity index (χ0n) is 10.9. The molecule has 0 bridgehead atoms. The number of carbonyl (C=O) groups excluding carboxylic acids is 1. The number of rotatable bonds is 2. The average molecular weight is 283 g/mol. The van der Waals surface area contributed by atoms with Crippen molar-refractivity contribution in [3.63, 3.8) is 0 Å². The van der Waals surface area contributed by atoms with Gasteiger partial charge in [0.1, 0.15) is 11.6 Å². The molecule has 0 radical (unpaired) electrons. The van der Waals surface area contributed by atoms with Crippen LogP contribution in [-0.2, 0) is 0 Å². The third kappa shape index (κ3) is 2.60. The lowest BCUT2D eigenvalue weighted by Crippen LogP contribution is -2.14. The van der Waals surface area contributed by atoms with Crippen molar-refractivity contribution in [2.75, 3.05) is 5.32 Å². The highest BCUT2D eigenvalue weighted by Gasteiger charge is 2.14. The summed E-state index contributed by atoms with van der Waals surface area (Å²) < 4.78 is 26.8. The van der Waals surface area contributed by atoms with Crippen LogP contribution in [0.25, 0.3) is 10.8 Å². The van der Waals surface area contributed by atoms with E-state index in [2.05, 4.69) is 5.32 Å². The fourth-order valence-corrected chi connectivity index (χ4v) is 2.20. The van der Waals surface area contributed by atoms with E-state index in [0.29, 0.717) is 5.69 Å². The van der Waals surface area contributed by atoms with Gasteiger partial charge in [-0.1, -0.05) is 36.4 Å².